The van der Waals surface area contributed by atoms with E-state index in [9.17, 15) is 4.79 Å². The molecule has 3 rings (SSSR count). The van der Waals surface area contributed by atoms with Crippen molar-refractivity contribution >= 4 is 5.91 Å². The first-order valence-corrected chi connectivity index (χ1v) is 7.49. The predicted molar refractivity (Wildman–Crippen MR) is 77.5 cm³/mol. The Hall–Kier alpha value is -1.55. The van der Waals surface area contributed by atoms with E-state index in [1.54, 1.807) is 0 Å². The highest BCUT2D eigenvalue weighted by Gasteiger charge is 2.31. The second kappa shape index (κ2) is 5.83. The molecule has 0 bridgehead atoms. The number of benzene rings is 1. The fourth-order valence-corrected chi connectivity index (χ4v) is 3.31. The van der Waals surface area contributed by atoms with Crippen LogP contribution in [0.15, 0.2) is 24.3 Å². The van der Waals surface area contributed by atoms with E-state index in [-0.39, 0.29) is 17.9 Å². The minimum atomic E-state index is -0.0797. The summed E-state index contributed by atoms with van der Waals surface area (Å²) in [7, 11) is 0. The highest BCUT2D eigenvalue weighted by atomic mass is 16.5. The van der Waals surface area contributed by atoms with E-state index in [1.807, 2.05) is 24.3 Å². The molecule has 1 aliphatic heterocycles. The number of para-hydroxylation sites is 1. The first-order chi connectivity index (χ1) is 9.78. The third kappa shape index (κ3) is 2.66. The Morgan fingerprint density at radius 2 is 2.20 bits per heavy atom. The van der Waals surface area contributed by atoms with Gasteiger partial charge in [-0.2, -0.15) is 0 Å². The summed E-state index contributed by atoms with van der Waals surface area (Å²) < 4.78 is 5.69. The first kappa shape index (κ1) is 13.4. The van der Waals surface area contributed by atoms with Gasteiger partial charge in [-0.05, 0) is 43.4 Å². The molecule has 1 aliphatic carbocycles. The van der Waals surface area contributed by atoms with Gasteiger partial charge in [0.2, 0.25) is 5.91 Å². The van der Waals surface area contributed by atoms with Gasteiger partial charge in [0.15, 0.2) is 0 Å². The lowest BCUT2D eigenvalue weighted by atomic mass is 9.95. The summed E-state index contributed by atoms with van der Waals surface area (Å²) in [5, 5.41) is 3.18. The standard InChI is InChI=1S/C16H22N2O2/c17-9-12-5-3-6-14(12)18-16(19)13-8-11-4-1-2-7-15(11)20-10-13/h1-2,4,7,12-14H,3,5-6,8-10,17H2,(H,18,19). The Bertz CT molecular complexity index is 489. The molecular formula is C16H22N2O2. The lowest BCUT2D eigenvalue weighted by Gasteiger charge is -2.27. The van der Waals surface area contributed by atoms with Gasteiger partial charge in [0.05, 0.1) is 5.92 Å². The molecule has 0 saturated heterocycles. The first-order valence-electron chi connectivity index (χ1n) is 7.49. The molecule has 1 heterocycles. The fourth-order valence-electron chi connectivity index (χ4n) is 3.31. The number of nitrogens with one attached hydrogen (secondary N) is 1. The largest absolute Gasteiger partial charge is 0.492 e. The Morgan fingerprint density at radius 1 is 1.35 bits per heavy atom. The molecule has 3 N–H and O–H groups in total. The second-order valence-electron chi connectivity index (χ2n) is 5.86. The fraction of sp³-hybridized carbons (Fsp3) is 0.562. The van der Waals surface area contributed by atoms with Gasteiger partial charge in [-0.25, -0.2) is 0 Å². The lowest BCUT2D eigenvalue weighted by molar-refractivity contribution is -0.127. The summed E-state index contributed by atoms with van der Waals surface area (Å²) in [5.74, 6) is 1.39. The number of carbonyl (C=O) groups excluding carboxylic acids is 1. The molecule has 3 unspecified atom stereocenters. The molecule has 0 spiro atoms. The van der Waals surface area contributed by atoms with Crippen LogP contribution in [-0.2, 0) is 11.2 Å². The highest BCUT2D eigenvalue weighted by Crippen LogP contribution is 2.28. The van der Waals surface area contributed by atoms with Crippen molar-refractivity contribution in [2.75, 3.05) is 13.2 Å². The van der Waals surface area contributed by atoms with Crippen LogP contribution >= 0.6 is 0 Å². The van der Waals surface area contributed by atoms with E-state index in [0.717, 1.165) is 37.0 Å². The number of carbonyl (C=O) groups is 1. The highest BCUT2D eigenvalue weighted by molar-refractivity contribution is 5.80. The van der Waals surface area contributed by atoms with Crippen LogP contribution in [0.25, 0.3) is 0 Å². The number of nitrogens with two attached hydrogens (primary N) is 1. The molecular weight excluding hydrogens is 252 g/mol. The summed E-state index contributed by atoms with van der Waals surface area (Å²) in [5.41, 5.74) is 6.89. The maximum atomic E-state index is 12.4. The Balaban J connectivity index is 1.61. The topological polar surface area (TPSA) is 64.3 Å². The van der Waals surface area contributed by atoms with Crippen molar-refractivity contribution in [3.63, 3.8) is 0 Å². The zero-order valence-electron chi connectivity index (χ0n) is 11.7. The third-order valence-corrected chi connectivity index (χ3v) is 4.54. The number of fused-ring (bicyclic) bond motifs is 1. The maximum absolute atomic E-state index is 12.4. The molecule has 1 saturated carbocycles. The summed E-state index contributed by atoms with van der Waals surface area (Å²) in [6.45, 7) is 1.14. The molecule has 4 heteroatoms. The quantitative estimate of drug-likeness (QED) is 0.877. The SMILES string of the molecule is NCC1CCCC1NC(=O)C1COc2ccccc2C1. The van der Waals surface area contributed by atoms with Gasteiger partial charge >= 0.3 is 0 Å². The molecule has 1 fully saturated rings. The van der Waals surface area contributed by atoms with E-state index in [2.05, 4.69) is 5.32 Å². The molecule has 108 valence electrons. The van der Waals surface area contributed by atoms with E-state index in [4.69, 9.17) is 10.5 Å². The Morgan fingerprint density at radius 3 is 3.05 bits per heavy atom. The molecule has 20 heavy (non-hydrogen) atoms. The number of amides is 1. The van der Waals surface area contributed by atoms with Gasteiger partial charge in [0, 0.05) is 6.04 Å². The van der Waals surface area contributed by atoms with Gasteiger partial charge in [0.25, 0.3) is 0 Å². The minimum absolute atomic E-state index is 0.0797. The molecule has 3 atom stereocenters. The molecule has 1 aromatic carbocycles. The van der Waals surface area contributed by atoms with Crippen molar-refractivity contribution in [3.05, 3.63) is 29.8 Å². The summed E-state index contributed by atoms with van der Waals surface area (Å²) >= 11 is 0. The van der Waals surface area contributed by atoms with Crippen LogP contribution in [0.4, 0.5) is 0 Å². The molecule has 0 radical (unpaired) electrons. The molecule has 1 amide bonds. The van der Waals surface area contributed by atoms with E-state index >= 15 is 0 Å². The molecule has 1 aromatic rings. The lowest BCUT2D eigenvalue weighted by Crippen LogP contribution is -2.45. The van der Waals surface area contributed by atoms with Crippen molar-refractivity contribution in [3.8, 4) is 5.75 Å². The number of hydrogen-bond acceptors (Lipinski definition) is 3. The Labute approximate surface area is 119 Å². The average Bonchev–Trinajstić information content (AvgIpc) is 2.94. The molecule has 2 aliphatic rings. The minimum Gasteiger partial charge on any atom is -0.492 e. The zero-order valence-corrected chi connectivity index (χ0v) is 11.7. The summed E-state index contributed by atoms with van der Waals surface area (Å²) in [6, 6.07) is 8.20. The predicted octanol–water partition coefficient (Wildman–Crippen LogP) is 1.48. The molecule has 4 nitrogen and oxygen atoms in total. The number of ether oxygens (including phenoxy) is 1. The van der Waals surface area contributed by atoms with Gasteiger partial charge in [-0.1, -0.05) is 24.6 Å². The van der Waals surface area contributed by atoms with Crippen LogP contribution < -0.4 is 15.8 Å². The van der Waals surface area contributed by atoms with Crippen molar-refractivity contribution in [1.82, 2.24) is 5.32 Å². The average molecular weight is 274 g/mol. The van der Waals surface area contributed by atoms with Crippen LogP contribution in [0, 0.1) is 11.8 Å². The zero-order chi connectivity index (χ0) is 13.9. The van der Waals surface area contributed by atoms with Crippen LogP contribution in [0.2, 0.25) is 0 Å². The number of hydrogen-bond donors (Lipinski definition) is 2. The third-order valence-electron chi connectivity index (χ3n) is 4.54. The van der Waals surface area contributed by atoms with E-state index in [1.165, 1.54) is 0 Å². The molecule has 0 aromatic heterocycles. The number of rotatable bonds is 3. The van der Waals surface area contributed by atoms with Crippen molar-refractivity contribution < 1.29 is 9.53 Å². The van der Waals surface area contributed by atoms with Crippen LogP contribution in [0.5, 0.6) is 5.75 Å². The Kier molecular flexibility index (Phi) is 3.92. The van der Waals surface area contributed by atoms with Gasteiger partial charge in [-0.15, -0.1) is 0 Å². The van der Waals surface area contributed by atoms with Crippen molar-refractivity contribution in [2.45, 2.75) is 31.7 Å². The van der Waals surface area contributed by atoms with Crippen LogP contribution in [-0.4, -0.2) is 25.1 Å². The summed E-state index contributed by atoms with van der Waals surface area (Å²) in [4.78, 5) is 12.4. The van der Waals surface area contributed by atoms with Gasteiger partial charge in [-0.3, -0.25) is 4.79 Å². The second-order valence-corrected chi connectivity index (χ2v) is 5.86. The van der Waals surface area contributed by atoms with Gasteiger partial charge < -0.3 is 15.8 Å². The van der Waals surface area contributed by atoms with Crippen molar-refractivity contribution in [1.29, 1.82) is 0 Å². The summed E-state index contributed by atoms with van der Waals surface area (Å²) in [6.07, 6.45) is 4.11. The van der Waals surface area contributed by atoms with Gasteiger partial charge in [0.1, 0.15) is 12.4 Å². The monoisotopic (exact) mass is 274 g/mol. The van der Waals surface area contributed by atoms with Crippen LogP contribution in [0.1, 0.15) is 24.8 Å². The normalized spacial score (nSPS) is 28.6. The van der Waals surface area contributed by atoms with E-state index < -0.39 is 0 Å². The van der Waals surface area contributed by atoms with Crippen molar-refractivity contribution in [2.24, 2.45) is 17.6 Å². The van der Waals surface area contributed by atoms with E-state index in [0.29, 0.717) is 19.1 Å². The maximum Gasteiger partial charge on any atom is 0.227 e. The smallest absolute Gasteiger partial charge is 0.227 e. The van der Waals surface area contributed by atoms with Crippen LogP contribution in [0.3, 0.4) is 0 Å².